The molecule has 0 atom stereocenters. The van der Waals surface area contributed by atoms with Gasteiger partial charge in [0.25, 0.3) is 5.91 Å². The maximum Gasteiger partial charge on any atom is 0.343 e. The standard InChI is InChI=1S/C23H18BrClN2O4/c1-2-30-20-10-5-15(6-11-20)22(28)27-26-14-17-13-18(24)7-12-21(17)31-23(29)16-3-8-19(25)9-4-16/h3-14H,2H2,1H3,(H,27,28). The summed E-state index contributed by atoms with van der Waals surface area (Å²) in [4.78, 5) is 24.7. The third kappa shape index (κ3) is 6.41. The number of nitrogens with zero attached hydrogens (tertiary/aromatic N) is 1. The summed E-state index contributed by atoms with van der Waals surface area (Å²) in [5.74, 6) is 0.0621. The Balaban J connectivity index is 1.69. The van der Waals surface area contributed by atoms with Crippen LogP contribution in [-0.4, -0.2) is 24.7 Å². The number of rotatable bonds is 7. The molecule has 0 aliphatic rings. The number of halogens is 2. The molecule has 3 rings (SSSR count). The molecule has 1 N–H and O–H groups in total. The van der Waals surface area contributed by atoms with Crippen LogP contribution < -0.4 is 14.9 Å². The molecule has 0 saturated carbocycles. The van der Waals surface area contributed by atoms with E-state index in [0.29, 0.717) is 39.8 Å². The lowest BCUT2D eigenvalue weighted by Crippen LogP contribution is -2.17. The largest absolute Gasteiger partial charge is 0.494 e. The summed E-state index contributed by atoms with van der Waals surface area (Å²) >= 11 is 9.23. The van der Waals surface area contributed by atoms with Crippen molar-refractivity contribution >= 4 is 45.6 Å². The summed E-state index contributed by atoms with van der Waals surface area (Å²) in [5.41, 5.74) is 3.75. The maximum absolute atomic E-state index is 12.4. The van der Waals surface area contributed by atoms with Gasteiger partial charge in [-0.2, -0.15) is 5.10 Å². The number of hydrazone groups is 1. The minimum Gasteiger partial charge on any atom is -0.494 e. The third-order valence-electron chi connectivity index (χ3n) is 4.05. The van der Waals surface area contributed by atoms with Crippen LogP contribution in [0, 0.1) is 0 Å². The summed E-state index contributed by atoms with van der Waals surface area (Å²) in [6.45, 7) is 2.44. The molecule has 0 saturated heterocycles. The van der Waals surface area contributed by atoms with E-state index in [1.807, 2.05) is 6.92 Å². The summed E-state index contributed by atoms with van der Waals surface area (Å²) in [6, 6.07) is 18.2. The fourth-order valence-corrected chi connectivity index (χ4v) is 3.06. The predicted octanol–water partition coefficient (Wildman–Crippen LogP) is 5.48. The second-order valence-electron chi connectivity index (χ2n) is 6.24. The molecule has 0 aromatic heterocycles. The van der Waals surface area contributed by atoms with Crippen molar-refractivity contribution in [3.63, 3.8) is 0 Å². The topological polar surface area (TPSA) is 77.0 Å². The van der Waals surface area contributed by atoms with Crippen LogP contribution in [0.3, 0.4) is 0 Å². The van der Waals surface area contributed by atoms with Crippen molar-refractivity contribution in [2.75, 3.05) is 6.61 Å². The molecule has 1 amide bonds. The Morgan fingerprint density at radius 3 is 2.39 bits per heavy atom. The monoisotopic (exact) mass is 500 g/mol. The van der Waals surface area contributed by atoms with Gasteiger partial charge in [0.05, 0.1) is 18.4 Å². The molecule has 0 aliphatic carbocycles. The van der Waals surface area contributed by atoms with Crippen molar-refractivity contribution < 1.29 is 19.1 Å². The number of hydrogen-bond donors (Lipinski definition) is 1. The lowest BCUT2D eigenvalue weighted by atomic mass is 10.2. The summed E-state index contributed by atoms with van der Waals surface area (Å²) in [6.07, 6.45) is 1.40. The van der Waals surface area contributed by atoms with Crippen molar-refractivity contribution in [3.8, 4) is 11.5 Å². The van der Waals surface area contributed by atoms with Crippen molar-refractivity contribution in [3.05, 3.63) is 92.9 Å². The van der Waals surface area contributed by atoms with Crippen molar-refractivity contribution in [2.24, 2.45) is 5.10 Å². The van der Waals surface area contributed by atoms with Gasteiger partial charge < -0.3 is 9.47 Å². The molecule has 31 heavy (non-hydrogen) atoms. The molecular weight excluding hydrogens is 484 g/mol. The van der Waals surface area contributed by atoms with Crippen molar-refractivity contribution in [1.29, 1.82) is 0 Å². The maximum atomic E-state index is 12.4. The summed E-state index contributed by atoms with van der Waals surface area (Å²) < 4.78 is 11.6. The molecule has 3 aromatic rings. The minimum atomic E-state index is -0.535. The summed E-state index contributed by atoms with van der Waals surface area (Å²) in [5, 5.41) is 4.51. The first-order chi connectivity index (χ1) is 15.0. The average Bonchev–Trinajstić information content (AvgIpc) is 2.76. The summed E-state index contributed by atoms with van der Waals surface area (Å²) in [7, 11) is 0. The minimum absolute atomic E-state index is 0.294. The zero-order valence-electron chi connectivity index (χ0n) is 16.5. The van der Waals surface area contributed by atoms with Gasteiger partial charge >= 0.3 is 5.97 Å². The third-order valence-corrected chi connectivity index (χ3v) is 4.80. The molecule has 0 aliphatic heterocycles. The van der Waals surface area contributed by atoms with E-state index in [1.165, 1.54) is 6.21 Å². The second-order valence-corrected chi connectivity index (χ2v) is 7.59. The Kier molecular flexibility index (Phi) is 7.81. The Morgan fingerprint density at radius 2 is 1.71 bits per heavy atom. The first-order valence-corrected chi connectivity index (χ1v) is 10.5. The van der Waals surface area contributed by atoms with Crippen LogP contribution in [0.25, 0.3) is 0 Å². The first kappa shape index (κ1) is 22.5. The van der Waals surface area contributed by atoms with Crippen LogP contribution >= 0.6 is 27.5 Å². The number of esters is 1. The van der Waals surface area contributed by atoms with E-state index in [-0.39, 0.29) is 5.91 Å². The fourth-order valence-electron chi connectivity index (χ4n) is 2.55. The molecule has 6 nitrogen and oxygen atoms in total. The highest BCUT2D eigenvalue weighted by Gasteiger charge is 2.12. The van der Waals surface area contributed by atoms with Gasteiger partial charge in [-0.1, -0.05) is 27.5 Å². The Bertz CT molecular complexity index is 1100. The molecule has 0 heterocycles. The highest BCUT2D eigenvalue weighted by atomic mass is 79.9. The number of carbonyl (C=O) groups excluding carboxylic acids is 2. The van der Waals surface area contributed by atoms with Gasteiger partial charge in [0, 0.05) is 20.6 Å². The Morgan fingerprint density at radius 1 is 1.03 bits per heavy atom. The molecule has 3 aromatic carbocycles. The van der Waals surface area contributed by atoms with Crippen molar-refractivity contribution in [2.45, 2.75) is 6.92 Å². The quantitative estimate of drug-likeness (QED) is 0.201. The lowest BCUT2D eigenvalue weighted by molar-refractivity contribution is 0.0734. The average molecular weight is 502 g/mol. The van der Waals surface area contributed by atoms with E-state index in [9.17, 15) is 9.59 Å². The second kappa shape index (κ2) is 10.7. The van der Waals surface area contributed by atoms with Crippen LogP contribution in [0.15, 0.2) is 76.3 Å². The van der Waals surface area contributed by atoms with Gasteiger partial charge in [0.2, 0.25) is 0 Å². The van der Waals surface area contributed by atoms with E-state index >= 15 is 0 Å². The number of amides is 1. The van der Waals surface area contributed by atoms with Gasteiger partial charge in [0.1, 0.15) is 11.5 Å². The number of nitrogens with one attached hydrogen (secondary N) is 1. The van der Waals surface area contributed by atoms with E-state index in [2.05, 4.69) is 26.5 Å². The smallest absolute Gasteiger partial charge is 0.343 e. The SMILES string of the molecule is CCOc1ccc(C(=O)NN=Cc2cc(Br)ccc2OC(=O)c2ccc(Cl)cc2)cc1. The molecule has 0 unspecified atom stereocenters. The molecule has 0 fully saturated rings. The number of carbonyl (C=O) groups is 2. The van der Waals surface area contributed by atoms with Gasteiger partial charge in [0.15, 0.2) is 0 Å². The van der Waals surface area contributed by atoms with Crippen LogP contribution in [-0.2, 0) is 0 Å². The first-order valence-electron chi connectivity index (χ1n) is 9.30. The van der Waals surface area contributed by atoms with E-state index in [1.54, 1.807) is 66.7 Å². The van der Waals surface area contributed by atoms with E-state index in [4.69, 9.17) is 21.1 Å². The van der Waals surface area contributed by atoms with Gasteiger partial charge in [-0.15, -0.1) is 0 Å². The molecular formula is C23H18BrClN2O4. The molecule has 158 valence electrons. The zero-order chi connectivity index (χ0) is 22.2. The van der Waals surface area contributed by atoms with Crippen LogP contribution in [0.2, 0.25) is 5.02 Å². The lowest BCUT2D eigenvalue weighted by Gasteiger charge is -2.08. The fraction of sp³-hybridized carbons (Fsp3) is 0.0870. The van der Waals surface area contributed by atoms with Gasteiger partial charge in [-0.3, -0.25) is 4.79 Å². The number of ether oxygens (including phenoxy) is 2. The zero-order valence-corrected chi connectivity index (χ0v) is 18.8. The van der Waals surface area contributed by atoms with Crippen LogP contribution in [0.5, 0.6) is 11.5 Å². The number of benzene rings is 3. The number of hydrogen-bond acceptors (Lipinski definition) is 5. The van der Waals surface area contributed by atoms with Crippen molar-refractivity contribution in [1.82, 2.24) is 5.43 Å². The highest BCUT2D eigenvalue weighted by molar-refractivity contribution is 9.10. The van der Waals surface area contributed by atoms with E-state index in [0.717, 1.165) is 4.47 Å². The Hall–Kier alpha value is -3.16. The van der Waals surface area contributed by atoms with Crippen LogP contribution in [0.4, 0.5) is 0 Å². The molecule has 0 bridgehead atoms. The molecule has 0 radical (unpaired) electrons. The molecule has 0 spiro atoms. The van der Waals surface area contributed by atoms with Gasteiger partial charge in [-0.25, -0.2) is 10.2 Å². The highest BCUT2D eigenvalue weighted by Crippen LogP contribution is 2.23. The van der Waals surface area contributed by atoms with Gasteiger partial charge in [-0.05, 0) is 73.7 Å². The Labute approximate surface area is 193 Å². The predicted molar refractivity (Wildman–Crippen MR) is 123 cm³/mol. The molecule has 8 heteroatoms. The normalized spacial score (nSPS) is 10.7. The van der Waals surface area contributed by atoms with E-state index < -0.39 is 5.97 Å². The van der Waals surface area contributed by atoms with Crippen LogP contribution in [0.1, 0.15) is 33.2 Å².